The van der Waals surface area contributed by atoms with Crippen LogP contribution in [-0.4, -0.2) is 29.1 Å². The lowest BCUT2D eigenvalue weighted by Crippen LogP contribution is -1.97. The minimum atomic E-state index is 0.933. The zero-order valence-electron chi connectivity index (χ0n) is 78.6. The number of nitrogens with zero attached hydrogens (tertiary/aromatic N) is 6. The van der Waals surface area contributed by atoms with Crippen LogP contribution in [-0.2, 0) is 0 Å². The van der Waals surface area contributed by atoms with Crippen LogP contribution in [0.4, 0.5) is 0 Å². The first-order valence-electron chi connectivity index (χ1n) is 49.2. The lowest BCUT2D eigenvalue weighted by atomic mass is 9.84. The van der Waals surface area contributed by atoms with Crippen molar-refractivity contribution in [2.24, 2.45) is 0 Å². The van der Waals surface area contributed by atoms with Gasteiger partial charge in [-0.25, -0.2) is 9.97 Å². The van der Waals surface area contributed by atoms with Gasteiger partial charge >= 0.3 is 0 Å². The second kappa shape index (κ2) is 37.0. The largest absolute Gasteiger partial charge is 0.292 e. The molecule has 0 saturated carbocycles. The fourth-order valence-electron chi connectivity index (χ4n) is 21.8. The Balaban J connectivity index is 0.000000111. The number of benzene rings is 24. The quantitative estimate of drug-likeness (QED) is 0.102. The fourth-order valence-corrected chi connectivity index (χ4v) is 21.8. The second-order valence-electron chi connectivity index (χ2n) is 36.9. The van der Waals surface area contributed by atoms with Gasteiger partial charge in [0.1, 0.15) is 11.6 Å². The predicted octanol–water partition coefficient (Wildman–Crippen LogP) is 36.9. The molecule has 0 spiro atoms. The molecule has 0 aliphatic carbocycles. The number of fused-ring (bicyclic) bond motifs is 11. The van der Waals surface area contributed by atoms with Crippen LogP contribution in [0, 0.1) is 0 Å². The highest BCUT2D eigenvalue weighted by molar-refractivity contribution is 6.26. The average molecular weight is 1830 g/mol. The van der Waals surface area contributed by atoms with E-state index in [0.717, 1.165) is 84.3 Å². The first kappa shape index (κ1) is 85.3. The van der Waals surface area contributed by atoms with E-state index in [-0.39, 0.29) is 0 Å². The van der Waals surface area contributed by atoms with Crippen molar-refractivity contribution in [3.05, 3.63) is 546 Å². The summed E-state index contributed by atoms with van der Waals surface area (Å²) >= 11 is 0. The second-order valence-corrected chi connectivity index (χ2v) is 36.9. The van der Waals surface area contributed by atoms with E-state index in [9.17, 15) is 0 Å². The van der Waals surface area contributed by atoms with Gasteiger partial charge in [-0.2, -0.15) is 0 Å². The van der Waals surface area contributed by atoms with E-state index >= 15 is 0 Å². The number of hydrogen-bond donors (Lipinski definition) is 0. The molecule has 0 fully saturated rings. The van der Waals surface area contributed by atoms with Gasteiger partial charge in [0.05, 0.1) is 33.5 Å². The zero-order valence-corrected chi connectivity index (χ0v) is 78.6. The standard InChI is InChI=1S/C53H34N2.C43H28N2.C42H28N2/c1-2-16-44(17-3-1)55-50-21-11-10-20-49(50)54-53(55)38-26-22-37(23-27-38)41-30-31-47-48(34-41)52(43-29-25-36-13-5-7-15-40(36)33-43)46-19-9-8-18-45(46)51(47)42-28-24-35-12-4-6-14-39(35)32-42;1-2-13-31(14-3-1)43-44-39-20-10-11-21-40(39)45(43)34-26-24-30(25-27-34)41-35-16-6-8-18-37(35)42(38-19-9-7-17-36(38)41)33-23-22-29-12-4-5-15-32(29)28-33;1-2-10-29(11-3-1)34-24-25-37-38(28-34)42(33-22-18-31(19-23-33)40-15-7-9-27-44-40)36-13-5-4-12-35(36)41(37)32-20-16-30(17-21-32)39-14-6-8-26-43-39/h1-34H;1-28H;1-28H. The summed E-state index contributed by atoms with van der Waals surface area (Å²) in [4.78, 5) is 19.3. The van der Waals surface area contributed by atoms with Crippen LogP contribution >= 0.6 is 0 Å². The molecule has 0 N–H and O–H groups in total. The Morgan fingerprint density at radius 3 is 0.771 bits per heavy atom. The summed E-state index contributed by atoms with van der Waals surface area (Å²) in [5, 5.41) is 22.5. The summed E-state index contributed by atoms with van der Waals surface area (Å²) in [5.41, 5.74) is 32.3. The van der Waals surface area contributed by atoms with Crippen LogP contribution in [0.3, 0.4) is 0 Å². The molecular weight excluding hydrogens is 1740 g/mol. The molecule has 0 aliphatic rings. The van der Waals surface area contributed by atoms with Crippen LogP contribution in [0.25, 0.3) is 265 Å². The minimum Gasteiger partial charge on any atom is -0.292 e. The maximum Gasteiger partial charge on any atom is 0.145 e. The Morgan fingerprint density at radius 1 is 0.139 bits per heavy atom. The molecular formula is C138H90N6. The number of pyridine rings is 2. The fraction of sp³-hybridized carbons (Fsp3) is 0. The van der Waals surface area contributed by atoms with Crippen molar-refractivity contribution in [3.63, 3.8) is 0 Å². The van der Waals surface area contributed by atoms with Crippen molar-refractivity contribution in [2.75, 3.05) is 0 Å². The third-order valence-electron chi connectivity index (χ3n) is 28.5. The summed E-state index contributed by atoms with van der Waals surface area (Å²) < 4.78 is 4.53. The van der Waals surface area contributed by atoms with Gasteiger partial charge in [0.25, 0.3) is 0 Å². The molecule has 672 valence electrons. The van der Waals surface area contributed by atoms with Crippen LogP contribution in [0.1, 0.15) is 0 Å². The van der Waals surface area contributed by atoms with Crippen molar-refractivity contribution in [1.82, 2.24) is 29.1 Å². The van der Waals surface area contributed by atoms with Crippen molar-refractivity contribution in [3.8, 4) is 146 Å². The van der Waals surface area contributed by atoms with Gasteiger partial charge in [-0.1, -0.05) is 431 Å². The number of para-hydroxylation sites is 5. The molecule has 0 aliphatic heterocycles. The van der Waals surface area contributed by atoms with Crippen LogP contribution in [0.5, 0.6) is 0 Å². The first-order chi connectivity index (χ1) is 71.4. The Morgan fingerprint density at radius 2 is 0.389 bits per heavy atom. The number of aromatic nitrogens is 6. The third kappa shape index (κ3) is 15.7. The lowest BCUT2D eigenvalue weighted by Gasteiger charge is -2.19. The SMILES string of the molecule is c1ccc(-c2ccc3c(-c4ccc(-c5ccccn5)cc4)c4ccccc4c(-c4ccc(-c5ccccn5)cc4)c3c2)cc1.c1ccc(-c2nc3ccccc3n2-c2ccc(-c3c4ccccc4c(-c4ccc5ccccc5c4)c4ccccc34)cc2)cc1.c1ccc(-n2c(-c3ccc(-c4ccc5c(-c6ccc7ccccc7c6)c6ccccc6c(-c6ccc7ccccc7c6)c5c4)cc3)nc3ccccc32)cc1. The van der Waals surface area contributed by atoms with E-state index in [1.165, 1.54) is 180 Å². The van der Waals surface area contributed by atoms with Crippen molar-refractivity contribution >= 4 is 119 Å². The van der Waals surface area contributed by atoms with E-state index in [1.807, 2.05) is 42.7 Å². The minimum absolute atomic E-state index is 0.933. The molecule has 28 rings (SSSR count). The van der Waals surface area contributed by atoms with E-state index in [2.05, 4.69) is 523 Å². The normalized spacial score (nSPS) is 11.5. The van der Waals surface area contributed by atoms with E-state index in [4.69, 9.17) is 9.97 Å². The molecule has 6 nitrogen and oxygen atoms in total. The average Bonchev–Trinajstić information content (AvgIpc) is 0.812. The highest BCUT2D eigenvalue weighted by atomic mass is 15.1. The van der Waals surface area contributed by atoms with Crippen LogP contribution < -0.4 is 0 Å². The number of rotatable bonds is 14. The highest BCUT2D eigenvalue weighted by Crippen LogP contribution is 2.51. The summed E-state index contributed by atoms with van der Waals surface area (Å²) in [6, 6.07) is 192. The Hall–Kier alpha value is -19.1. The Kier molecular flexibility index (Phi) is 21.9. The first-order valence-corrected chi connectivity index (χ1v) is 49.2. The molecule has 4 aromatic heterocycles. The number of imidazole rings is 2. The molecule has 0 saturated heterocycles. The summed E-state index contributed by atoms with van der Waals surface area (Å²) in [5.74, 6) is 1.88. The molecule has 0 unspecified atom stereocenters. The summed E-state index contributed by atoms with van der Waals surface area (Å²) in [7, 11) is 0. The van der Waals surface area contributed by atoms with Gasteiger partial charge in [0.2, 0.25) is 0 Å². The summed E-state index contributed by atoms with van der Waals surface area (Å²) in [6.07, 6.45) is 3.69. The van der Waals surface area contributed by atoms with Crippen LogP contribution in [0.15, 0.2) is 546 Å². The van der Waals surface area contributed by atoms with E-state index < -0.39 is 0 Å². The van der Waals surface area contributed by atoms with Crippen molar-refractivity contribution < 1.29 is 0 Å². The molecule has 24 aromatic carbocycles. The Labute approximate surface area is 834 Å². The van der Waals surface area contributed by atoms with Crippen LogP contribution in [0.2, 0.25) is 0 Å². The van der Waals surface area contributed by atoms with Gasteiger partial charge in [0.15, 0.2) is 0 Å². The molecule has 0 radical (unpaired) electrons. The number of hydrogen-bond acceptors (Lipinski definition) is 4. The van der Waals surface area contributed by atoms with E-state index in [0.29, 0.717) is 0 Å². The molecule has 0 bridgehead atoms. The molecule has 4 heterocycles. The molecule has 28 aromatic rings. The van der Waals surface area contributed by atoms with Crippen molar-refractivity contribution in [1.29, 1.82) is 0 Å². The van der Waals surface area contributed by atoms with Gasteiger partial charge < -0.3 is 0 Å². The Bertz CT molecular complexity index is 9710. The highest BCUT2D eigenvalue weighted by Gasteiger charge is 2.25. The van der Waals surface area contributed by atoms with Gasteiger partial charge in [-0.05, 0) is 289 Å². The lowest BCUT2D eigenvalue weighted by molar-refractivity contribution is 1.10. The zero-order chi connectivity index (χ0) is 95.3. The molecule has 0 atom stereocenters. The maximum absolute atomic E-state index is 5.12. The van der Waals surface area contributed by atoms with Crippen molar-refractivity contribution in [2.45, 2.75) is 0 Å². The molecule has 6 heteroatoms. The summed E-state index contributed by atoms with van der Waals surface area (Å²) in [6.45, 7) is 0. The topological polar surface area (TPSA) is 61.4 Å². The van der Waals surface area contributed by atoms with Gasteiger partial charge in [-0.15, -0.1) is 0 Å². The van der Waals surface area contributed by atoms with Gasteiger partial charge in [-0.3, -0.25) is 19.1 Å². The molecule has 0 amide bonds. The molecule has 144 heavy (non-hydrogen) atoms. The third-order valence-corrected chi connectivity index (χ3v) is 28.5. The van der Waals surface area contributed by atoms with E-state index in [1.54, 1.807) is 0 Å². The van der Waals surface area contributed by atoms with Gasteiger partial charge in [0, 0.05) is 46.0 Å². The monoisotopic (exact) mass is 1830 g/mol. The maximum atomic E-state index is 5.12. The smallest absolute Gasteiger partial charge is 0.145 e. The predicted molar refractivity (Wildman–Crippen MR) is 607 cm³/mol.